The predicted molar refractivity (Wildman–Crippen MR) is 87.7 cm³/mol. The summed E-state index contributed by atoms with van der Waals surface area (Å²) in [6.45, 7) is 2.11. The van der Waals surface area contributed by atoms with Gasteiger partial charge in [0.2, 0.25) is 0 Å². The summed E-state index contributed by atoms with van der Waals surface area (Å²) in [6, 6.07) is 7.17. The summed E-state index contributed by atoms with van der Waals surface area (Å²) >= 11 is 5.79. The number of hydrogen-bond donors (Lipinski definition) is 2. The van der Waals surface area contributed by atoms with Crippen LogP contribution in [0.2, 0.25) is 5.02 Å². The van der Waals surface area contributed by atoms with Crippen LogP contribution in [0.15, 0.2) is 34.5 Å². The average molecular weight is 311 g/mol. The van der Waals surface area contributed by atoms with Crippen LogP contribution in [0.1, 0.15) is 6.92 Å². The number of quaternary nitrogens is 1. The number of nitrogens with one attached hydrogen (secondary N) is 2. The van der Waals surface area contributed by atoms with E-state index in [4.69, 9.17) is 11.6 Å². The Kier molecular flexibility index (Phi) is 6.33. The maximum Gasteiger partial charge on any atom is 0.295 e. The van der Waals surface area contributed by atoms with Gasteiger partial charge in [-0.05, 0) is 31.2 Å². The van der Waals surface area contributed by atoms with Gasteiger partial charge < -0.3 is 4.48 Å². The van der Waals surface area contributed by atoms with Gasteiger partial charge in [0.25, 0.3) is 5.91 Å². The molecule has 0 radical (unpaired) electrons. The van der Waals surface area contributed by atoms with Crippen LogP contribution in [-0.2, 0) is 4.79 Å². The van der Waals surface area contributed by atoms with Crippen molar-refractivity contribution in [2.24, 2.45) is 10.2 Å². The van der Waals surface area contributed by atoms with E-state index in [2.05, 4.69) is 21.1 Å². The molecule has 2 N–H and O–H groups in total. The second kappa shape index (κ2) is 7.75. The van der Waals surface area contributed by atoms with Gasteiger partial charge in [-0.25, -0.2) is 5.43 Å². The molecule has 0 bridgehead atoms. The van der Waals surface area contributed by atoms with Crippen molar-refractivity contribution in [1.29, 1.82) is 0 Å². The van der Waals surface area contributed by atoms with Gasteiger partial charge in [0.05, 0.1) is 38.8 Å². The molecule has 0 spiro atoms. The first-order valence-corrected chi connectivity index (χ1v) is 6.82. The van der Waals surface area contributed by atoms with Crippen molar-refractivity contribution in [2.45, 2.75) is 6.92 Å². The molecule has 0 aliphatic carbocycles. The van der Waals surface area contributed by atoms with Crippen molar-refractivity contribution in [1.82, 2.24) is 5.43 Å². The summed E-state index contributed by atoms with van der Waals surface area (Å²) in [5.74, 6) is -0.138. The normalized spacial score (nSPS) is 12.5. The molecular formula is C14H21ClN5O+. The maximum atomic E-state index is 11.6. The Morgan fingerprint density at radius 2 is 1.90 bits per heavy atom. The molecule has 1 aromatic carbocycles. The van der Waals surface area contributed by atoms with Crippen molar-refractivity contribution in [3.63, 3.8) is 0 Å². The number of benzene rings is 1. The van der Waals surface area contributed by atoms with Gasteiger partial charge in [0.1, 0.15) is 0 Å². The Balaban J connectivity index is 2.43. The van der Waals surface area contributed by atoms with Crippen LogP contribution < -0.4 is 10.9 Å². The molecule has 6 nitrogen and oxygen atoms in total. The number of likely N-dealkylation sites (N-methyl/N-ethyl adjacent to an activating group) is 1. The summed E-state index contributed by atoms with van der Waals surface area (Å²) in [5, 5.41) is 8.64. The van der Waals surface area contributed by atoms with E-state index in [1.807, 2.05) is 33.3 Å². The SMILES string of the molecule is CC(/C=N\Nc1ccc(Cl)cc1)=N/NC(=O)C[N+](C)(C)C. The maximum absolute atomic E-state index is 11.6. The fraction of sp³-hybridized carbons (Fsp3) is 0.357. The molecule has 1 rings (SSSR count). The quantitative estimate of drug-likeness (QED) is 0.479. The Bertz CT molecular complexity index is 531. The fourth-order valence-electron chi connectivity index (χ4n) is 1.37. The van der Waals surface area contributed by atoms with Crippen LogP contribution in [0.4, 0.5) is 5.69 Å². The van der Waals surface area contributed by atoms with E-state index in [1.54, 1.807) is 19.1 Å². The third-order valence-electron chi connectivity index (χ3n) is 2.26. The van der Waals surface area contributed by atoms with E-state index in [0.29, 0.717) is 21.8 Å². The predicted octanol–water partition coefficient (Wildman–Crippen LogP) is 1.94. The van der Waals surface area contributed by atoms with Crippen molar-refractivity contribution in [3.05, 3.63) is 29.3 Å². The van der Waals surface area contributed by atoms with Gasteiger partial charge in [0, 0.05) is 5.02 Å². The summed E-state index contributed by atoms with van der Waals surface area (Å²) in [5.41, 5.74) is 6.74. The van der Waals surface area contributed by atoms with Crippen molar-refractivity contribution in [2.75, 3.05) is 33.1 Å². The van der Waals surface area contributed by atoms with E-state index < -0.39 is 0 Å². The molecule has 0 saturated carbocycles. The van der Waals surface area contributed by atoms with E-state index >= 15 is 0 Å². The number of anilines is 1. The number of halogens is 1. The summed E-state index contributed by atoms with van der Waals surface area (Å²) < 4.78 is 0.548. The standard InChI is InChI=1S/C14H20ClN5O/c1-11(17-19-14(21)10-20(2,3)4)9-16-18-13-7-5-12(15)6-8-13/h5-9H,10H2,1-4H3,(H-,16,17,18,19,21)/p+1. The van der Waals surface area contributed by atoms with Gasteiger partial charge in [-0.15, -0.1) is 0 Å². The minimum absolute atomic E-state index is 0.138. The molecular weight excluding hydrogens is 290 g/mol. The van der Waals surface area contributed by atoms with Crippen LogP contribution in [-0.4, -0.2) is 50.0 Å². The summed E-state index contributed by atoms with van der Waals surface area (Å²) in [6.07, 6.45) is 1.53. The molecule has 0 heterocycles. The zero-order chi connectivity index (χ0) is 15.9. The Morgan fingerprint density at radius 1 is 1.29 bits per heavy atom. The number of rotatable bonds is 6. The topological polar surface area (TPSA) is 65.8 Å². The zero-order valence-electron chi connectivity index (χ0n) is 12.7. The van der Waals surface area contributed by atoms with Crippen molar-refractivity contribution in [3.8, 4) is 0 Å². The van der Waals surface area contributed by atoms with Crippen molar-refractivity contribution < 1.29 is 9.28 Å². The van der Waals surface area contributed by atoms with Crippen molar-refractivity contribution >= 4 is 35.1 Å². The third-order valence-corrected chi connectivity index (χ3v) is 2.52. The molecule has 0 atom stereocenters. The van der Waals surface area contributed by atoms with Crippen LogP contribution in [0.3, 0.4) is 0 Å². The molecule has 114 valence electrons. The fourth-order valence-corrected chi connectivity index (χ4v) is 1.50. The van der Waals surface area contributed by atoms with E-state index in [9.17, 15) is 4.79 Å². The highest BCUT2D eigenvalue weighted by Crippen LogP contribution is 2.12. The first kappa shape index (κ1) is 17.1. The van der Waals surface area contributed by atoms with E-state index in [0.717, 1.165) is 5.69 Å². The number of carbonyl (C=O) groups excluding carboxylic acids is 1. The van der Waals surface area contributed by atoms with Gasteiger partial charge in [0.15, 0.2) is 6.54 Å². The number of nitrogens with zero attached hydrogens (tertiary/aromatic N) is 3. The number of hydrazone groups is 2. The van der Waals surface area contributed by atoms with Crippen LogP contribution >= 0.6 is 11.6 Å². The minimum Gasteiger partial charge on any atom is -0.323 e. The third kappa shape index (κ3) is 8.06. The molecule has 0 aliphatic rings. The highest BCUT2D eigenvalue weighted by Gasteiger charge is 2.13. The molecule has 0 aliphatic heterocycles. The summed E-state index contributed by atoms with van der Waals surface area (Å²) in [7, 11) is 5.81. The Labute approximate surface area is 130 Å². The van der Waals surface area contributed by atoms with Gasteiger partial charge in [-0.3, -0.25) is 10.2 Å². The smallest absolute Gasteiger partial charge is 0.295 e. The lowest BCUT2D eigenvalue weighted by atomic mass is 10.3. The molecule has 7 heteroatoms. The van der Waals surface area contributed by atoms with Gasteiger partial charge in [-0.1, -0.05) is 11.6 Å². The molecule has 0 unspecified atom stereocenters. The van der Waals surface area contributed by atoms with Crippen LogP contribution in [0.5, 0.6) is 0 Å². The van der Waals surface area contributed by atoms with Crippen LogP contribution in [0, 0.1) is 0 Å². The zero-order valence-corrected chi connectivity index (χ0v) is 13.5. The lowest BCUT2D eigenvalue weighted by molar-refractivity contribution is -0.862. The van der Waals surface area contributed by atoms with Gasteiger partial charge >= 0.3 is 0 Å². The highest BCUT2D eigenvalue weighted by molar-refractivity contribution is 6.30. The highest BCUT2D eigenvalue weighted by atomic mass is 35.5. The second-order valence-electron chi connectivity index (χ2n) is 5.61. The Hall–Kier alpha value is -1.92. The van der Waals surface area contributed by atoms with E-state index in [1.165, 1.54) is 6.21 Å². The van der Waals surface area contributed by atoms with Crippen LogP contribution in [0.25, 0.3) is 0 Å². The minimum atomic E-state index is -0.138. The first-order chi connectivity index (χ1) is 9.76. The number of amides is 1. The molecule has 1 amide bonds. The molecule has 0 saturated heterocycles. The molecule has 1 aromatic rings. The first-order valence-electron chi connectivity index (χ1n) is 6.44. The Morgan fingerprint density at radius 3 is 2.48 bits per heavy atom. The molecule has 21 heavy (non-hydrogen) atoms. The van der Waals surface area contributed by atoms with E-state index in [-0.39, 0.29) is 5.91 Å². The van der Waals surface area contributed by atoms with Gasteiger partial charge in [-0.2, -0.15) is 10.2 Å². The summed E-state index contributed by atoms with van der Waals surface area (Å²) in [4.78, 5) is 11.6. The average Bonchev–Trinajstić information content (AvgIpc) is 2.37. The second-order valence-corrected chi connectivity index (χ2v) is 6.05. The molecule has 0 fully saturated rings. The largest absolute Gasteiger partial charge is 0.323 e. The number of carbonyl (C=O) groups is 1. The lowest BCUT2D eigenvalue weighted by Gasteiger charge is -2.22. The monoisotopic (exact) mass is 310 g/mol. The lowest BCUT2D eigenvalue weighted by Crippen LogP contribution is -2.43. The molecule has 0 aromatic heterocycles. The number of hydrogen-bond acceptors (Lipinski definition) is 4.